The first kappa shape index (κ1) is 9.96. The van der Waals surface area contributed by atoms with Crippen LogP contribution < -0.4 is 0 Å². The molecule has 2 rings (SSSR count). The minimum atomic E-state index is 0.520. The van der Waals surface area contributed by atoms with Gasteiger partial charge in [-0.25, -0.2) is 9.67 Å². The zero-order chi connectivity index (χ0) is 10.1. The monoisotopic (exact) mass is 291 g/mol. The first-order valence-electron chi connectivity index (χ1n) is 3.70. The Morgan fingerprint density at radius 2 is 2.07 bits per heavy atom. The van der Waals surface area contributed by atoms with Crippen LogP contribution in [0.3, 0.4) is 0 Å². The Kier molecular flexibility index (Phi) is 2.76. The number of hydrogen-bond acceptors (Lipinski definition) is 2. The van der Waals surface area contributed by atoms with Crippen molar-refractivity contribution in [2.75, 3.05) is 0 Å². The zero-order valence-corrected chi connectivity index (χ0v) is 9.88. The average molecular weight is 293 g/mol. The van der Waals surface area contributed by atoms with Gasteiger partial charge >= 0.3 is 0 Å². The van der Waals surface area contributed by atoms with Gasteiger partial charge in [-0.05, 0) is 28.1 Å². The fraction of sp³-hybridized carbons (Fsp3) is 0. The van der Waals surface area contributed by atoms with Crippen LogP contribution in [0.4, 0.5) is 0 Å². The lowest BCUT2D eigenvalue weighted by atomic mass is 10.4. The topological polar surface area (TPSA) is 30.7 Å². The molecule has 0 amide bonds. The second kappa shape index (κ2) is 3.88. The van der Waals surface area contributed by atoms with E-state index in [0.29, 0.717) is 20.5 Å². The van der Waals surface area contributed by atoms with E-state index in [2.05, 4.69) is 26.0 Å². The van der Waals surface area contributed by atoms with E-state index in [1.807, 2.05) is 0 Å². The summed E-state index contributed by atoms with van der Waals surface area (Å²) in [6.07, 6.45) is 3.28. The maximum absolute atomic E-state index is 5.94. The van der Waals surface area contributed by atoms with Crippen LogP contribution >= 0.6 is 39.1 Å². The molecule has 2 aromatic heterocycles. The first-order chi connectivity index (χ1) is 6.68. The first-order valence-corrected chi connectivity index (χ1v) is 5.25. The average Bonchev–Trinajstić information content (AvgIpc) is 2.48. The summed E-state index contributed by atoms with van der Waals surface area (Å²) in [4.78, 5) is 4.09. The highest BCUT2D eigenvalue weighted by molar-refractivity contribution is 9.10. The number of halogens is 3. The SMILES string of the molecule is Clc1cn(-c2ncccc2Cl)nc1Br. The van der Waals surface area contributed by atoms with Gasteiger partial charge in [0.25, 0.3) is 0 Å². The molecule has 72 valence electrons. The van der Waals surface area contributed by atoms with Gasteiger partial charge in [-0.2, -0.15) is 5.10 Å². The zero-order valence-electron chi connectivity index (χ0n) is 6.78. The van der Waals surface area contributed by atoms with E-state index in [4.69, 9.17) is 23.2 Å². The Morgan fingerprint density at radius 3 is 2.64 bits per heavy atom. The quantitative estimate of drug-likeness (QED) is 0.807. The summed E-state index contributed by atoms with van der Waals surface area (Å²) in [6.45, 7) is 0. The van der Waals surface area contributed by atoms with Gasteiger partial charge in [0, 0.05) is 6.20 Å². The normalized spacial score (nSPS) is 10.5. The van der Waals surface area contributed by atoms with Crippen molar-refractivity contribution in [3.8, 4) is 5.82 Å². The van der Waals surface area contributed by atoms with Crippen molar-refractivity contribution >= 4 is 39.1 Å². The van der Waals surface area contributed by atoms with Crippen LogP contribution in [0.25, 0.3) is 5.82 Å². The van der Waals surface area contributed by atoms with Gasteiger partial charge in [0.1, 0.15) is 4.60 Å². The molecule has 0 saturated heterocycles. The molecule has 3 nitrogen and oxygen atoms in total. The molecule has 0 aliphatic carbocycles. The van der Waals surface area contributed by atoms with Gasteiger partial charge in [-0.15, -0.1) is 0 Å². The molecule has 0 spiro atoms. The largest absolute Gasteiger partial charge is 0.236 e. The summed E-state index contributed by atoms with van der Waals surface area (Å²) in [6, 6.07) is 3.50. The van der Waals surface area contributed by atoms with Crippen molar-refractivity contribution < 1.29 is 0 Å². The molecule has 0 N–H and O–H groups in total. The fourth-order valence-corrected chi connectivity index (χ4v) is 1.60. The van der Waals surface area contributed by atoms with Crippen molar-refractivity contribution in [2.45, 2.75) is 0 Å². The lowest BCUT2D eigenvalue weighted by molar-refractivity contribution is 0.839. The maximum atomic E-state index is 5.94. The molecule has 2 aromatic rings. The van der Waals surface area contributed by atoms with Crippen LogP contribution in [-0.2, 0) is 0 Å². The highest BCUT2D eigenvalue weighted by atomic mass is 79.9. The summed E-state index contributed by atoms with van der Waals surface area (Å²) < 4.78 is 2.09. The number of hydrogen-bond donors (Lipinski definition) is 0. The van der Waals surface area contributed by atoms with Crippen molar-refractivity contribution in [2.24, 2.45) is 0 Å². The van der Waals surface area contributed by atoms with E-state index < -0.39 is 0 Å². The number of aromatic nitrogens is 3. The number of rotatable bonds is 1. The standard InChI is InChI=1S/C8H4BrCl2N3/c9-7-6(11)4-14(13-7)8-5(10)2-1-3-12-8/h1-4H. The summed E-state index contributed by atoms with van der Waals surface area (Å²) in [5, 5.41) is 5.14. The number of pyridine rings is 1. The van der Waals surface area contributed by atoms with E-state index in [0.717, 1.165) is 0 Å². The van der Waals surface area contributed by atoms with Crippen LogP contribution in [0.15, 0.2) is 29.1 Å². The van der Waals surface area contributed by atoms with Crippen LogP contribution in [0, 0.1) is 0 Å². The van der Waals surface area contributed by atoms with Crippen molar-refractivity contribution in [1.82, 2.24) is 14.8 Å². The highest BCUT2D eigenvalue weighted by Gasteiger charge is 2.08. The lowest BCUT2D eigenvalue weighted by Gasteiger charge is -2.00. The van der Waals surface area contributed by atoms with Gasteiger partial charge in [0.2, 0.25) is 0 Å². The Balaban J connectivity index is 2.55. The summed E-state index contributed by atoms with van der Waals surface area (Å²) in [5.41, 5.74) is 0. The molecule has 6 heteroatoms. The third kappa shape index (κ3) is 1.78. The molecule has 0 aliphatic rings. The Labute approximate surface area is 98.8 Å². The molecular weight excluding hydrogens is 289 g/mol. The lowest BCUT2D eigenvalue weighted by Crippen LogP contribution is -1.98. The molecule has 0 unspecified atom stereocenters. The molecule has 0 fully saturated rings. The van der Waals surface area contributed by atoms with E-state index in [9.17, 15) is 0 Å². The molecule has 2 heterocycles. The Bertz CT molecular complexity index is 450. The van der Waals surface area contributed by atoms with Crippen molar-refractivity contribution in [1.29, 1.82) is 0 Å². The second-order valence-electron chi connectivity index (χ2n) is 2.52. The molecule has 0 bridgehead atoms. The highest BCUT2D eigenvalue weighted by Crippen LogP contribution is 2.23. The maximum Gasteiger partial charge on any atom is 0.172 e. The van der Waals surface area contributed by atoms with Crippen LogP contribution in [0.2, 0.25) is 10.0 Å². The molecule has 0 radical (unpaired) electrons. The minimum absolute atomic E-state index is 0.520. The minimum Gasteiger partial charge on any atom is -0.236 e. The molecular formula is C8H4BrCl2N3. The van der Waals surface area contributed by atoms with E-state index in [-0.39, 0.29) is 0 Å². The van der Waals surface area contributed by atoms with Crippen molar-refractivity contribution in [3.05, 3.63) is 39.2 Å². The smallest absolute Gasteiger partial charge is 0.172 e. The summed E-state index contributed by atoms with van der Waals surface area (Å²) >= 11 is 15.0. The fourth-order valence-electron chi connectivity index (χ4n) is 0.986. The molecule has 14 heavy (non-hydrogen) atoms. The molecule has 0 aromatic carbocycles. The molecule has 0 atom stereocenters. The third-order valence-corrected chi connectivity index (χ3v) is 2.97. The van der Waals surface area contributed by atoms with E-state index in [1.165, 1.54) is 4.68 Å². The van der Waals surface area contributed by atoms with Crippen LogP contribution in [0.1, 0.15) is 0 Å². The predicted octanol–water partition coefficient (Wildman–Crippen LogP) is 3.34. The van der Waals surface area contributed by atoms with Crippen LogP contribution in [0.5, 0.6) is 0 Å². The molecule has 0 saturated carbocycles. The van der Waals surface area contributed by atoms with Gasteiger partial charge < -0.3 is 0 Å². The third-order valence-electron chi connectivity index (χ3n) is 1.58. The Morgan fingerprint density at radius 1 is 1.29 bits per heavy atom. The van der Waals surface area contributed by atoms with Gasteiger partial charge in [0.15, 0.2) is 5.82 Å². The van der Waals surface area contributed by atoms with Gasteiger partial charge in [-0.1, -0.05) is 23.2 Å². The Hall–Kier alpha value is -0.580. The van der Waals surface area contributed by atoms with E-state index >= 15 is 0 Å². The van der Waals surface area contributed by atoms with Crippen LogP contribution in [-0.4, -0.2) is 14.8 Å². The summed E-state index contributed by atoms with van der Waals surface area (Å²) in [7, 11) is 0. The predicted molar refractivity (Wildman–Crippen MR) is 59.1 cm³/mol. The second-order valence-corrected chi connectivity index (χ2v) is 4.09. The molecule has 0 aliphatic heterocycles. The van der Waals surface area contributed by atoms with Crippen molar-refractivity contribution in [3.63, 3.8) is 0 Å². The summed E-state index contributed by atoms with van der Waals surface area (Å²) in [5.74, 6) is 0.557. The van der Waals surface area contributed by atoms with Gasteiger partial charge in [0.05, 0.1) is 16.2 Å². The van der Waals surface area contributed by atoms with Gasteiger partial charge in [-0.3, -0.25) is 0 Å². The number of nitrogens with zero attached hydrogens (tertiary/aromatic N) is 3. The van der Waals surface area contributed by atoms with E-state index in [1.54, 1.807) is 24.5 Å².